The molecule has 0 saturated carbocycles. The molecule has 7 heterocycles. The van der Waals surface area contributed by atoms with E-state index in [9.17, 15) is 22.7 Å². The predicted molar refractivity (Wildman–Crippen MR) is 150 cm³/mol. The third kappa shape index (κ3) is 4.35. The summed E-state index contributed by atoms with van der Waals surface area (Å²) in [5.74, 6) is -1.58. The van der Waals surface area contributed by atoms with Crippen LogP contribution in [0, 0.1) is 5.82 Å². The van der Waals surface area contributed by atoms with Gasteiger partial charge >= 0.3 is 12.2 Å². The first kappa shape index (κ1) is 28.3. The maximum Gasteiger partial charge on any atom is 0.418 e. The van der Waals surface area contributed by atoms with Crippen molar-refractivity contribution >= 4 is 28.3 Å². The number of aromatic nitrogens is 3. The third-order valence-corrected chi connectivity index (χ3v) is 10.1. The summed E-state index contributed by atoms with van der Waals surface area (Å²) in [5.41, 5.74) is -3.70. The molecule has 15 heteroatoms. The van der Waals surface area contributed by atoms with E-state index >= 15 is 4.39 Å². The first-order valence-electron chi connectivity index (χ1n) is 14.7. The van der Waals surface area contributed by atoms with E-state index in [0.29, 0.717) is 25.3 Å². The molecule has 5 aliphatic heterocycles. The number of anilines is 1. The summed E-state index contributed by atoms with van der Waals surface area (Å²) in [7, 11) is 0. The van der Waals surface area contributed by atoms with E-state index in [1.807, 2.05) is 4.90 Å². The molecule has 44 heavy (non-hydrogen) atoms. The van der Waals surface area contributed by atoms with Crippen LogP contribution in [0.5, 0.6) is 17.6 Å². The van der Waals surface area contributed by atoms with Crippen molar-refractivity contribution in [2.45, 2.75) is 68.1 Å². The molecule has 4 fully saturated rings. The second kappa shape index (κ2) is 9.88. The van der Waals surface area contributed by atoms with Crippen molar-refractivity contribution in [2.24, 2.45) is 0 Å². The summed E-state index contributed by atoms with van der Waals surface area (Å²) in [5, 5.41) is 13.0. The van der Waals surface area contributed by atoms with E-state index < -0.39 is 51.3 Å². The molecule has 2 aromatic heterocycles. The van der Waals surface area contributed by atoms with Gasteiger partial charge in [-0.05, 0) is 44.4 Å². The fourth-order valence-electron chi connectivity index (χ4n) is 7.88. The molecule has 9 nitrogen and oxygen atoms in total. The molecule has 2 bridgehead atoms. The number of nitrogens with one attached hydrogen (secondary N) is 1. The van der Waals surface area contributed by atoms with Gasteiger partial charge in [-0.3, -0.25) is 4.90 Å². The summed E-state index contributed by atoms with van der Waals surface area (Å²) < 4.78 is 85.8. The van der Waals surface area contributed by atoms with Gasteiger partial charge in [0.2, 0.25) is 5.88 Å². The Hall–Kier alpha value is -3.23. The molecule has 0 aliphatic carbocycles. The second-order valence-corrected chi connectivity index (χ2v) is 12.8. The van der Waals surface area contributed by atoms with Crippen molar-refractivity contribution in [3.8, 4) is 28.9 Å². The summed E-state index contributed by atoms with van der Waals surface area (Å²) in [6.45, 7) is 1.80. The molecular formula is C29H28ClF5N6O3. The lowest BCUT2D eigenvalue weighted by molar-refractivity contribution is -0.137. The largest absolute Gasteiger partial charge is 0.508 e. The molecule has 5 aliphatic rings. The Balaban J connectivity index is 1.31. The first-order chi connectivity index (χ1) is 21.0. The monoisotopic (exact) mass is 638 g/mol. The quantitative estimate of drug-likeness (QED) is 0.388. The third-order valence-electron chi connectivity index (χ3n) is 9.78. The van der Waals surface area contributed by atoms with Crippen LogP contribution in [0.3, 0.4) is 0 Å². The number of aromatic hydroxyl groups is 1. The Morgan fingerprint density at radius 3 is 2.84 bits per heavy atom. The molecule has 2 unspecified atom stereocenters. The number of hydrogen-bond donors (Lipinski definition) is 2. The lowest BCUT2D eigenvalue weighted by Gasteiger charge is -2.40. The minimum atomic E-state index is -4.99. The van der Waals surface area contributed by atoms with Crippen LogP contribution in [0.2, 0.25) is 5.02 Å². The number of piperazine rings is 1. The molecule has 5 atom stereocenters. The van der Waals surface area contributed by atoms with Gasteiger partial charge in [0.15, 0.2) is 5.82 Å². The molecule has 4 saturated heterocycles. The Morgan fingerprint density at radius 2 is 2.02 bits per heavy atom. The maximum atomic E-state index is 16.6. The number of hydrogen-bond acceptors (Lipinski definition) is 9. The number of benzene rings is 1. The topological polar surface area (TPSA) is 95.9 Å². The maximum absolute atomic E-state index is 16.6. The second-order valence-electron chi connectivity index (χ2n) is 12.4. The van der Waals surface area contributed by atoms with Crippen LogP contribution in [-0.4, -0.2) is 87.6 Å². The van der Waals surface area contributed by atoms with E-state index in [1.165, 1.54) is 0 Å². The van der Waals surface area contributed by atoms with Crippen molar-refractivity contribution < 1.29 is 36.5 Å². The highest BCUT2D eigenvalue weighted by Crippen LogP contribution is 2.48. The van der Waals surface area contributed by atoms with E-state index in [1.54, 1.807) is 0 Å². The van der Waals surface area contributed by atoms with E-state index in [-0.39, 0.29) is 54.1 Å². The van der Waals surface area contributed by atoms with Crippen molar-refractivity contribution in [3.05, 3.63) is 28.5 Å². The lowest BCUT2D eigenvalue weighted by Crippen LogP contribution is -2.60. The number of halogens is 6. The van der Waals surface area contributed by atoms with Gasteiger partial charge < -0.3 is 24.8 Å². The molecule has 8 rings (SSSR count). The van der Waals surface area contributed by atoms with Crippen molar-refractivity contribution in [3.63, 3.8) is 0 Å². The van der Waals surface area contributed by atoms with Gasteiger partial charge in [-0.1, -0.05) is 11.6 Å². The van der Waals surface area contributed by atoms with E-state index in [2.05, 4.69) is 20.2 Å². The van der Waals surface area contributed by atoms with Crippen LogP contribution in [0.4, 0.5) is 27.8 Å². The van der Waals surface area contributed by atoms with Crippen molar-refractivity contribution in [1.82, 2.24) is 25.2 Å². The standard InChI is InChI=1S/C29H28ClF5N6O3/c30-17-7-15(42)6-16(21(17)29(33,34)35)23-22(32)24-20-25(41-10-14-2-3-18(36-14)19(41)11-43-26(20)37-23)39-27(38-24)44-12-28-4-1-5-40(28)9-13(31)8-28/h6-7,13-14,18-19,36,42H,1-5,8-12H2/t13-,14?,18?,19-,28+/m1/s1. The minimum absolute atomic E-state index is 0.0504. The van der Waals surface area contributed by atoms with Gasteiger partial charge in [0, 0.05) is 37.2 Å². The fourth-order valence-corrected chi connectivity index (χ4v) is 8.20. The minimum Gasteiger partial charge on any atom is -0.508 e. The number of phenols is 1. The van der Waals surface area contributed by atoms with Crippen molar-refractivity contribution in [2.75, 3.05) is 37.7 Å². The highest BCUT2D eigenvalue weighted by molar-refractivity contribution is 6.32. The van der Waals surface area contributed by atoms with Crippen LogP contribution < -0.4 is 19.7 Å². The summed E-state index contributed by atoms with van der Waals surface area (Å²) >= 11 is 5.93. The molecule has 0 amide bonds. The smallest absolute Gasteiger partial charge is 0.418 e. The number of phenolic OH excluding ortho intramolecular Hbond substituents is 1. The Bertz CT molecular complexity index is 1680. The van der Waals surface area contributed by atoms with Gasteiger partial charge in [0.05, 0.1) is 22.2 Å². The molecule has 0 radical (unpaired) electrons. The van der Waals surface area contributed by atoms with E-state index in [0.717, 1.165) is 44.4 Å². The summed E-state index contributed by atoms with van der Waals surface area (Å²) in [4.78, 5) is 17.4. The highest BCUT2D eigenvalue weighted by Gasteiger charge is 2.50. The molecule has 234 valence electrons. The van der Waals surface area contributed by atoms with Gasteiger partial charge in [-0.2, -0.15) is 23.1 Å². The number of pyridine rings is 1. The molecule has 3 aromatic rings. The number of ether oxygens (including phenoxy) is 2. The summed E-state index contributed by atoms with van der Waals surface area (Å²) in [6.07, 6.45) is -2.22. The molecule has 0 spiro atoms. The SMILES string of the molecule is Oc1cc(Cl)c(C(F)(F)F)c(-c2nc3c4c(nc(OC[C@@]56CCCN5C[C@H](F)C6)nc4c2F)N2CC4CCC(N4)[C@H]2CO3)c1. The predicted octanol–water partition coefficient (Wildman–Crippen LogP) is 4.87. The van der Waals surface area contributed by atoms with Gasteiger partial charge in [-0.25, -0.2) is 13.8 Å². The normalized spacial score (nSPS) is 29.5. The molecule has 2 N–H and O–H groups in total. The number of fused-ring (bicyclic) bond motifs is 6. The lowest BCUT2D eigenvalue weighted by atomic mass is 9.95. The number of nitrogens with zero attached hydrogens (tertiary/aromatic N) is 5. The van der Waals surface area contributed by atoms with Crippen LogP contribution in [0.1, 0.15) is 37.7 Å². The van der Waals surface area contributed by atoms with Crippen LogP contribution >= 0.6 is 11.6 Å². The zero-order chi connectivity index (χ0) is 30.5. The van der Waals surface area contributed by atoms with Crippen molar-refractivity contribution in [1.29, 1.82) is 0 Å². The average molecular weight is 639 g/mol. The van der Waals surface area contributed by atoms with Gasteiger partial charge in [0.1, 0.15) is 47.5 Å². The number of alkyl halides is 4. The van der Waals surface area contributed by atoms with Crippen LogP contribution in [0.25, 0.3) is 22.2 Å². The highest BCUT2D eigenvalue weighted by atomic mass is 35.5. The van der Waals surface area contributed by atoms with Gasteiger partial charge in [-0.15, -0.1) is 0 Å². The molecular weight excluding hydrogens is 611 g/mol. The molecule has 1 aromatic carbocycles. The summed E-state index contributed by atoms with van der Waals surface area (Å²) in [6, 6.07) is 1.33. The van der Waals surface area contributed by atoms with E-state index in [4.69, 9.17) is 26.1 Å². The zero-order valence-electron chi connectivity index (χ0n) is 23.3. The Labute approximate surface area is 253 Å². The first-order valence-corrected chi connectivity index (χ1v) is 15.1. The Morgan fingerprint density at radius 1 is 1.18 bits per heavy atom. The fraction of sp³-hybridized carbons (Fsp3) is 0.552. The zero-order valence-corrected chi connectivity index (χ0v) is 24.1. The Kier molecular flexibility index (Phi) is 6.35. The number of rotatable bonds is 4. The van der Waals surface area contributed by atoms with Gasteiger partial charge in [0.25, 0.3) is 0 Å². The van der Waals surface area contributed by atoms with Crippen LogP contribution in [-0.2, 0) is 6.18 Å². The van der Waals surface area contributed by atoms with Crippen LogP contribution in [0.15, 0.2) is 12.1 Å². The average Bonchev–Trinajstić information content (AvgIpc) is 3.59.